The molecular formula is C19H16N2O4. The number of hydrogen-bond acceptors (Lipinski definition) is 5. The summed E-state index contributed by atoms with van der Waals surface area (Å²) in [4.78, 5) is 12.4. The van der Waals surface area contributed by atoms with Gasteiger partial charge in [0.1, 0.15) is 0 Å². The molecule has 1 aliphatic rings. The maximum atomic E-state index is 12.4. The molecular weight excluding hydrogens is 320 g/mol. The van der Waals surface area contributed by atoms with Crippen LogP contribution >= 0.6 is 0 Å². The Morgan fingerprint density at radius 2 is 1.84 bits per heavy atom. The molecule has 0 unspecified atom stereocenters. The van der Waals surface area contributed by atoms with Gasteiger partial charge in [-0.3, -0.25) is 4.79 Å². The second kappa shape index (κ2) is 5.98. The summed E-state index contributed by atoms with van der Waals surface area (Å²) >= 11 is 0. The van der Waals surface area contributed by atoms with Crippen LogP contribution in [0.15, 0.2) is 47.0 Å². The number of nitrogens with one attached hydrogen (secondary N) is 1. The summed E-state index contributed by atoms with van der Waals surface area (Å²) in [7, 11) is 0. The molecule has 0 atom stereocenters. The van der Waals surface area contributed by atoms with E-state index in [9.17, 15) is 4.79 Å². The predicted molar refractivity (Wildman–Crippen MR) is 91.9 cm³/mol. The van der Waals surface area contributed by atoms with E-state index >= 15 is 0 Å². The van der Waals surface area contributed by atoms with Crippen molar-refractivity contribution in [3.05, 3.63) is 59.3 Å². The number of anilines is 1. The molecule has 0 saturated carbocycles. The lowest BCUT2D eigenvalue weighted by Crippen LogP contribution is -2.12. The van der Waals surface area contributed by atoms with Crippen LogP contribution in [0.5, 0.6) is 11.5 Å². The lowest BCUT2D eigenvalue weighted by Gasteiger charge is -2.05. The van der Waals surface area contributed by atoms with E-state index in [1.54, 1.807) is 18.2 Å². The van der Waals surface area contributed by atoms with E-state index in [0.29, 0.717) is 17.3 Å². The summed E-state index contributed by atoms with van der Waals surface area (Å²) in [6.07, 6.45) is 0. The van der Waals surface area contributed by atoms with E-state index in [4.69, 9.17) is 14.0 Å². The zero-order valence-corrected chi connectivity index (χ0v) is 13.8. The number of hydrogen-bond donors (Lipinski definition) is 1. The first kappa shape index (κ1) is 15.3. The van der Waals surface area contributed by atoms with Crippen molar-refractivity contribution in [2.75, 3.05) is 12.1 Å². The highest BCUT2D eigenvalue weighted by atomic mass is 16.7. The van der Waals surface area contributed by atoms with Gasteiger partial charge >= 0.3 is 0 Å². The first-order valence-electron chi connectivity index (χ1n) is 7.85. The molecule has 2 aromatic carbocycles. The molecule has 0 saturated heterocycles. The quantitative estimate of drug-likeness (QED) is 0.784. The topological polar surface area (TPSA) is 73.6 Å². The molecule has 3 aromatic rings. The molecule has 0 aliphatic carbocycles. The van der Waals surface area contributed by atoms with Gasteiger partial charge in [-0.25, -0.2) is 0 Å². The van der Waals surface area contributed by atoms with Crippen LogP contribution in [0.3, 0.4) is 0 Å². The molecule has 126 valence electrons. The fraction of sp³-hybridized carbons (Fsp3) is 0.158. The van der Waals surface area contributed by atoms with Crippen LogP contribution < -0.4 is 14.8 Å². The van der Waals surface area contributed by atoms with Gasteiger partial charge in [0.2, 0.25) is 6.79 Å². The second-order valence-electron chi connectivity index (χ2n) is 5.90. The molecule has 1 aromatic heterocycles. The van der Waals surface area contributed by atoms with Gasteiger partial charge in [0, 0.05) is 17.3 Å². The number of aryl methyl sites for hydroxylation is 2. The van der Waals surface area contributed by atoms with Crippen LogP contribution in [0.25, 0.3) is 11.3 Å². The average Bonchev–Trinajstić information content (AvgIpc) is 3.26. The Labute approximate surface area is 144 Å². The minimum Gasteiger partial charge on any atom is -0.454 e. The van der Waals surface area contributed by atoms with Crippen molar-refractivity contribution in [2.24, 2.45) is 0 Å². The number of amides is 1. The maximum absolute atomic E-state index is 12.4. The Balaban J connectivity index is 1.54. The minimum atomic E-state index is -0.320. The monoisotopic (exact) mass is 336 g/mol. The third-order valence-electron chi connectivity index (χ3n) is 4.16. The number of benzene rings is 2. The number of fused-ring (bicyclic) bond motifs is 1. The largest absolute Gasteiger partial charge is 0.454 e. The maximum Gasteiger partial charge on any atom is 0.277 e. The minimum absolute atomic E-state index is 0.207. The van der Waals surface area contributed by atoms with Crippen molar-refractivity contribution in [3.63, 3.8) is 0 Å². The number of carbonyl (C=O) groups excluding carboxylic acids is 1. The molecule has 1 amide bonds. The van der Waals surface area contributed by atoms with Crippen LogP contribution in [0.1, 0.15) is 21.6 Å². The summed E-state index contributed by atoms with van der Waals surface area (Å²) in [5.41, 5.74) is 3.98. The van der Waals surface area contributed by atoms with Gasteiger partial charge in [-0.1, -0.05) is 11.2 Å². The van der Waals surface area contributed by atoms with Gasteiger partial charge in [-0.15, -0.1) is 0 Å². The first-order chi connectivity index (χ1) is 12.1. The molecule has 0 radical (unpaired) electrons. The predicted octanol–water partition coefficient (Wildman–Crippen LogP) is 3.94. The van der Waals surface area contributed by atoms with E-state index in [0.717, 1.165) is 16.8 Å². The summed E-state index contributed by atoms with van der Waals surface area (Å²) < 4.78 is 15.9. The number of ether oxygens (including phenoxy) is 2. The van der Waals surface area contributed by atoms with Crippen LogP contribution in [0.4, 0.5) is 5.69 Å². The van der Waals surface area contributed by atoms with Crippen LogP contribution in [0.2, 0.25) is 0 Å². The van der Waals surface area contributed by atoms with E-state index in [2.05, 4.69) is 10.5 Å². The fourth-order valence-electron chi connectivity index (χ4n) is 2.58. The SMILES string of the molecule is Cc1ccc(NC(=O)c2cc(-c3ccc4c(c3)OCO4)on2)cc1C. The fourth-order valence-corrected chi connectivity index (χ4v) is 2.58. The number of nitrogens with zero attached hydrogens (tertiary/aromatic N) is 1. The van der Waals surface area contributed by atoms with Gasteiger partial charge in [-0.2, -0.15) is 0 Å². The molecule has 0 fully saturated rings. The molecule has 4 rings (SSSR count). The van der Waals surface area contributed by atoms with Crippen molar-refractivity contribution in [1.29, 1.82) is 0 Å². The number of aromatic nitrogens is 1. The Kier molecular flexibility index (Phi) is 3.65. The Bertz CT molecular complexity index is 962. The highest BCUT2D eigenvalue weighted by Gasteiger charge is 2.18. The molecule has 6 nitrogen and oxygen atoms in total. The number of rotatable bonds is 3. The van der Waals surface area contributed by atoms with E-state index in [-0.39, 0.29) is 18.4 Å². The van der Waals surface area contributed by atoms with Gasteiger partial charge in [0.05, 0.1) is 0 Å². The van der Waals surface area contributed by atoms with E-state index in [1.165, 1.54) is 5.56 Å². The number of carbonyl (C=O) groups is 1. The summed E-state index contributed by atoms with van der Waals surface area (Å²) in [5.74, 6) is 1.51. The van der Waals surface area contributed by atoms with Gasteiger partial charge in [0.25, 0.3) is 5.91 Å². The summed E-state index contributed by atoms with van der Waals surface area (Å²) in [6.45, 7) is 4.23. The van der Waals surface area contributed by atoms with Crippen molar-refractivity contribution in [2.45, 2.75) is 13.8 Å². The van der Waals surface area contributed by atoms with Gasteiger partial charge in [0.15, 0.2) is 23.0 Å². The Hall–Kier alpha value is -3.28. The van der Waals surface area contributed by atoms with Crippen molar-refractivity contribution >= 4 is 11.6 Å². The smallest absolute Gasteiger partial charge is 0.277 e. The van der Waals surface area contributed by atoms with Crippen LogP contribution in [0, 0.1) is 13.8 Å². The Morgan fingerprint density at radius 1 is 1.00 bits per heavy atom. The highest BCUT2D eigenvalue weighted by molar-refractivity contribution is 6.03. The second-order valence-corrected chi connectivity index (χ2v) is 5.90. The molecule has 25 heavy (non-hydrogen) atoms. The molecule has 2 heterocycles. The standard InChI is InChI=1S/C19H16N2O4/c1-11-3-5-14(7-12(11)2)20-19(22)15-9-17(25-21-15)13-4-6-16-18(8-13)24-10-23-16/h3-9H,10H2,1-2H3,(H,20,22). The van der Waals surface area contributed by atoms with E-state index < -0.39 is 0 Å². The van der Waals surface area contributed by atoms with E-state index in [1.807, 2.05) is 38.1 Å². The third-order valence-corrected chi connectivity index (χ3v) is 4.16. The van der Waals surface area contributed by atoms with Crippen molar-refractivity contribution < 1.29 is 18.8 Å². The average molecular weight is 336 g/mol. The Morgan fingerprint density at radius 3 is 2.68 bits per heavy atom. The molecule has 1 N–H and O–H groups in total. The molecule has 0 spiro atoms. The lowest BCUT2D eigenvalue weighted by molar-refractivity contribution is 0.101. The van der Waals surface area contributed by atoms with Crippen LogP contribution in [-0.2, 0) is 0 Å². The molecule has 6 heteroatoms. The van der Waals surface area contributed by atoms with Crippen molar-refractivity contribution in [3.8, 4) is 22.8 Å². The zero-order valence-electron chi connectivity index (χ0n) is 13.8. The van der Waals surface area contributed by atoms with Gasteiger partial charge < -0.3 is 19.3 Å². The van der Waals surface area contributed by atoms with Crippen molar-refractivity contribution in [1.82, 2.24) is 5.16 Å². The molecule has 0 bridgehead atoms. The van der Waals surface area contributed by atoms with Gasteiger partial charge in [-0.05, 0) is 55.3 Å². The normalized spacial score (nSPS) is 12.2. The van der Waals surface area contributed by atoms with Crippen LogP contribution in [-0.4, -0.2) is 17.9 Å². The summed E-state index contributed by atoms with van der Waals surface area (Å²) in [5, 5.41) is 6.69. The summed E-state index contributed by atoms with van der Waals surface area (Å²) in [6, 6.07) is 12.8. The third kappa shape index (κ3) is 2.94. The first-order valence-corrected chi connectivity index (χ1v) is 7.85. The zero-order chi connectivity index (χ0) is 17.4. The highest BCUT2D eigenvalue weighted by Crippen LogP contribution is 2.36. The molecule has 1 aliphatic heterocycles. The lowest BCUT2D eigenvalue weighted by atomic mass is 10.1.